The highest BCUT2D eigenvalue weighted by Gasteiger charge is 2.46. The number of carbonyl (C=O) groups is 2. The fourth-order valence-corrected chi connectivity index (χ4v) is 9.48. The van der Waals surface area contributed by atoms with Gasteiger partial charge in [0.05, 0.1) is 12.0 Å². The lowest BCUT2D eigenvalue weighted by Crippen LogP contribution is -2.62. The number of hydrogen-bond acceptors (Lipinski definition) is 6. The molecule has 52 heavy (non-hydrogen) atoms. The minimum Gasteiger partial charge on any atom is -0.463 e. The van der Waals surface area contributed by atoms with Gasteiger partial charge in [-0.25, -0.2) is 0 Å². The van der Waals surface area contributed by atoms with Crippen molar-refractivity contribution in [3.8, 4) is 0 Å². The number of nitrogens with zero attached hydrogens (tertiary/aromatic N) is 1. The molecule has 0 aliphatic carbocycles. The van der Waals surface area contributed by atoms with Crippen LogP contribution in [0.4, 0.5) is 0 Å². The van der Waals surface area contributed by atoms with Crippen LogP contribution >= 0.6 is 7.37 Å². The summed E-state index contributed by atoms with van der Waals surface area (Å²) in [7, 11) is -3.37. The van der Waals surface area contributed by atoms with Gasteiger partial charge in [0.15, 0.2) is 0 Å². The molecule has 0 spiro atoms. The summed E-state index contributed by atoms with van der Waals surface area (Å²) < 4.78 is 26.0. The highest BCUT2D eigenvalue weighted by molar-refractivity contribution is 7.74. The van der Waals surface area contributed by atoms with Crippen LogP contribution in [0.2, 0.25) is 0 Å². The Balaban J connectivity index is 1.29. The van der Waals surface area contributed by atoms with Crippen LogP contribution in [0.25, 0.3) is 0 Å². The van der Waals surface area contributed by atoms with E-state index < -0.39 is 23.9 Å². The SMILES string of the molecule is CCC(C)(CC(C/C=C/CCCC(=O)NC1CC(C)(C)N([O])C(C)(C)C1)c1ccccc1)C(=O)OCCOP(=O)(c1ccccc1)c1ccccc1. The maximum Gasteiger partial charge on any atom is 0.311 e. The number of allylic oxidation sites excluding steroid dienone is 2. The maximum atomic E-state index is 14.1. The molecule has 2 unspecified atom stereocenters. The Morgan fingerprint density at radius 3 is 1.96 bits per heavy atom. The van der Waals surface area contributed by atoms with Gasteiger partial charge in [-0.1, -0.05) is 85.8 Å². The van der Waals surface area contributed by atoms with Gasteiger partial charge in [0.2, 0.25) is 5.91 Å². The molecule has 1 N–H and O–H groups in total. The van der Waals surface area contributed by atoms with Crippen LogP contribution in [0.3, 0.4) is 0 Å². The summed E-state index contributed by atoms with van der Waals surface area (Å²) in [4.78, 5) is 26.4. The Labute approximate surface area is 311 Å². The summed E-state index contributed by atoms with van der Waals surface area (Å²) in [5, 5.41) is 18.2. The van der Waals surface area contributed by atoms with E-state index in [1.807, 2.05) is 96.1 Å². The second-order valence-corrected chi connectivity index (χ2v) is 18.0. The minimum atomic E-state index is -3.37. The topological polar surface area (TPSA) is 105 Å². The van der Waals surface area contributed by atoms with E-state index >= 15 is 0 Å². The third-order valence-electron chi connectivity index (χ3n) is 10.3. The summed E-state index contributed by atoms with van der Waals surface area (Å²) in [5.41, 5.74) is -0.620. The third-order valence-corrected chi connectivity index (χ3v) is 12.8. The average Bonchev–Trinajstić information content (AvgIpc) is 3.13. The number of hydrogen-bond donors (Lipinski definition) is 1. The van der Waals surface area contributed by atoms with Gasteiger partial charge in [0.1, 0.15) is 6.61 Å². The molecular formula is C43H58N2O6P. The molecule has 1 amide bonds. The number of carbonyl (C=O) groups excluding carboxylic acids is 2. The summed E-state index contributed by atoms with van der Waals surface area (Å²) in [6.07, 6.45) is 9.43. The van der Waals surface area contributed by atoms with Gasteiger partial charge in [0, 0.05) is 34.1 Å². The molecule has 9 heteroatoms. The van der Waals surface area contributed by atoms with E-state index in [1.54, 1.807) is 24.3 Å². The zero-order valence-corrected chi connectivity index (χ0v) is 32.8. The molecular weight excluding hydrogens is 671 g/mol. The summed E-state index contributed by atoms with van der Waals surface area (Å²) >= 11 is 0. The standard InChI is InChI=1S/C43H58N2O6P/c1-7-43(6,40(47)50-29-30-51-52(49,37-24-16-11-17-25-37)38-26-18-12-19-27-38)31-35(34-21-14-10-15-22-34)23-13-8-9-20-28-39(46)44-36-32-41(2,3)45(48)42(4,5)33-36/h8,10-19,21-22,24-27,35-36H,7,9,20,23,28-33H2,1-6H3,(H,44,46)/b13-8+. The van der Waals surface area contributed by atoms with Gasteiger partial charge in [-0.3, -0.25) is 14.2 Å². The number of hydroxylamine groups is 2. The van der Waals surface area contributed by atoms with Gasteiger partial charge in [-0.05, 0) is 115 Å². The van der Waals surface area contributed by atoms with E-state index in [0.29, 0.717) is 42.7 Å². The zero-order valence-electron chi connectivity index (χ0n) is 31.9. The summed E-state index contributed by atoms with van der Waals surface area (Å²) in [5.74, 6) is -0.182. The maximum absolute atomic E-state index is 14.1. The van der Waals surface area contributed by atoms with Crippen molar-refractivity contribution in [3.63, 3.8) is 0 Å². The van der Waals surface area contributed by atoms with E-state index in [2.05, 4.69) is 29.6 Å². The lowest BCUT2D eigenvalue weighted by atomic mass is 9.75. The average molecular weight is 730 g/mol. The van der Waals surface area contributed by atoms with Gasteiger partial charge < -0.3 is 14.6 Å². The molecule has 1 saturated heterocycles. The van der Waals surface area contributed by atoms with Crippen molar-refractivity contribution in [1.82, 2.24) is 10.4 Å². The Morgan fingerprint density at radius 1 is 0.885 bits per heavy atom. The number of rotatable bonds is 18. The first-order valence-corrected chi connectivity index (χ1v) is 20.3. The molecule has 3 aromatic rings. The molecule has 3 aromatic carbocycles. The smallest absolute Gasteiger partial charge is 0.311 e. The lowest BCUT2D eigenvalue weighted by molar-refractivity contribution is -0.290. The number of piperidine rings is 1. The Kier molecular flexibility index (Phi) is 14.6. The molecule has 8 nitrogen and oxygen atoms in total. The van der Waals surface area contributed by atoms with Crippen molar-refractivity contribution in [2.24, 2.45) is 5.41 Å². The van der Waals surface area contributed by atoms with Crippen LogP contribution in [0.15, 0.2) is 103 Å². The van der Waals surface area contributed by atoms with Gasteiger partial charge in [-0.15, -0.1) is 10.3 Å². The predicted molar refractivity (Wildman–Crippen MR) is 208 cm³/mol. The number of nitrogens with one attached hydrogen (secondary N) is 1. The van der Waals surface area contributed by atoms with E-state index in [1.165, 1.54) is 5.06 Å². The monoisotopic (exact) mass is 729 g/mol. The van der Waals surface area contributed by atoms with Crippen LogP contribution in [-0.2, 0) is 28.6 Å². The van der Waals surface area contributed by atoms with Crippen LogP contribution < -0.4 is 15.9 Å². The van der Waals surface area contributed by atoms with Crippen LogP contribution in [0.1, 0.15) is 104 Å². The number of ether oxygens (including phenoxy) is 1. The summed E-state index contributed by atoms with van der Waals surface area (Å²) in [6, 6.07) is 28.5. The minimum absolute atomic E-state index is 0.00481. The number of benzene rings is 3. The molecule has 0 aromatic heterocycles. The molecule has 281 valence electrons. The molecule has 4 rings (SSSR count). The van der Waals surface area contributed by atoms with Gasteiger partial charge in [0.25, 0.3) is 7.37 Å². The zero-order chi connectivity index (χ0) is 37.8. The molecule has 1 aliphatic rings. The molecule has 1 aliphatic heterocycles. The van der Waals surface area contributed by atoms with Gasteiger partial charge in [-0.2, -0.15) is 0 Å². The number of esters is 1. The second kappa shape index (κ2) is 18.5. The van der Waals surface area contributed by atoms with Crippen molar-refractivity contribution in [2.75, 3.05) is 13.2 Å². The van der Waals surface area contributed by atoms with Crippen molar-refractivity contribution in [2.45, 2.75) is 116 Å². The Bertz CT molecular complexity index is 1580. The van der Waals surface area contributed by atoms with E-state index in [-0.39, 0.29) is 37.0 Å². The fourth-order valence-electron chi connectivity index (χ4n) is 7.42. The largest absolute Gasteiger partial charge is 0.463 e. The first-order chi connectivity index (χ1) is 24.7. The first-order valence-electron chi connectivity index (χ1n) is 18.7. The number of amides is 1. The second-order valence-electron chi connectivity index (χ2n) is 15.6. The molecule has 0 saturated carbocycles. The Hall–Kier alpha value is -3.55. The first kappa shape index (κ1) is 41.2. The molecule has 0 bridgehead atoms. The summed E-state index contributed by atoms with van der Waals surface area (Å²) in [6.45, 7) is 11.7. The van der Waals surface area contributed by atoms with Crippen molar-refractivity contribution in [3.05, 3.63) is 109 Å². The molecule has 1 heterocycles. The van der Waals surface area contributed by atoms with Crippen molar-refractivity contribution in [1.29, 1.82) is 0 Å². The molecule has 1 fully saturated rings. The fraction of sp³-hybridized carbons (Fsp3) is 0.488. The van der Waals surface area contributed by atoms with Crippen LogP contribution in [-0.4, -0.2) is 47.3 Å². The van der Waals surface area contributed by atoms with Crippen LogP contribution in [0, 0.1) is 5.41 Å². The highest BCUT2D eigenvalue weighted by atomic mass is 31.2. The quantitative estimate of drug-likeness (QED) is 0.0608. The predicted octanol–water partition coefficient (Wildman–Crippen LogP) is 8.67. The Morgan fingerprint density at radius 2 is 1.42 bits per heavy atom. The van der Waals surface area contributed by atoms with Crippen LogP contribution in [0.5, 0.6) is 0 Å². The molecule has 1 radical (unpaired) electrons. The van der Waals surface area contributed by atoms with E-state index in [0.717, 1.165) is 24.8 Å². The van der Waals surface area contributed by atoms with E-state index in [4.69, 9.17) is 9.26 Å². The number of unbranched alkanes of at least 4 members (excludes halogenated alkanes) is 1. The van der Waals surface area contributed by atoms with E-state index in [9.17, 15) is 19.4 Å². The molecule has 2 atom stereocenters. The normalized spacial score (nSPS) is 18.1. The highest BCUT2D eigenvalue weighted by Crippen LogP contribution is 2.44. The lowest BCUT2D eigenvalue weighted by Gasteiger charge is -2.50. The van der Waals surface area contributed by atoms with Crippen molar-refractivity contribution < 1.29 is 28.6 Å². The van der Waals surface area contributed by atoms with Gasteiger partial charge >= 0.3 is 5.97 Å². The third kappa shape index (κ3) is 11.0. The van der Waals surface area contributed by atoms with Crippen molar-refractivity contribution >= 4 is 29.9 Å².